The van der Waals surface area contributed by atoms with Gasteiger partial charge in [0.05, 0.1) is 11.7 Å². The van der Waals surface area contributed by atoms with E-state index in [9.17, 15) is 9.90 Å². The molecule has 0 radical (unpaired) electrons. The Labute approximate surface area is 231 Å². The van der Waals surface area contributed by atoms with Gasteiger partial charge in [0.15, 0.2) is 0 Å². The molecule has 0 unspecified atom stereocenters. The number of hydrogen-bond donors (Lipinski definition) is 1. The average Bonchev–Trinajstić information content (AvgIpc) is 3.49. The average molecular weight is 573 g/mol. The second kappa shape index (κ2) is 15.3. The van der Waals surface area contributed by atoms with Crippen LogP contribution in [0.5, 0.6) is 0 Å². The summed E-state index contributed by atoms with van der Waals surface area (Å²) in [6, 6.07) is 45.5. The molecular weight excluding hydrogens is 546 g/mol. The molecule has 0 fully saturated rings. The molecular formula is C30H27CuN2O2P2. The van der Waals surface area contributed by atoms with Crippen molar-refractivity contribution in [3.8, 4) is 0 Å². The van der Waals surface area contributed by atoms with Crippen LogP contribution in [0.15, 0.2) is 134 Å². The van der Waals surface area contributed by atoms with E-state index < -0.39 is 5.97 Å². The van der Waals surface area contributed by atoms with Crippen LogP contribution in [0.25, 0.3) is 0 Å². The minimum Gasteiger partial charge on any atom is -0.543 e. The Balaban J connectivity index is 0.000000363. The van der Waals surface area contributed by atoms with Crippen LogP contribution in [-0.4, -0.2) is 28.5 Å². The zero-order chi connectivity index (χ0) is 25.0. The first-order valence-electron chi connectivity index (χ1n) is 11.7. The molecule has 1 heterocycles. The van der Waals surface area contributed by atoms with Crippen molar-refractivity contribution in [3.05, 3.63) is 139 Å². The van der Waals surface area contributed by atoms with Crippen LogP contribution in [0.1, 0.15) is 10.5 Å². The maximum atomic E-state index is 9.88. The van der Waals surface area contributed by atoms with Gasteiger partial charge in [-0.2, -0.15) is 5.10 Å². The molecule has 4 aromatic carbocycles. The molecule has 190 valence electrons. The number of rotatable bonds is 8. The van der Waals surface area contributed by atoms with Crippen LogP contribution in [0.4, 0.5) is 0 Å². The molecule has 5 rings (SSSR count). The number of nitrogens with one attached hydrogen (secondary N) is 1. The smallest absolute Gasteiger partial charge is 0.543 e. The zero-order valence-corrected chi connectivity index (χ0v) is 22.8. The van der Waals surface area contributed by atoms with Gasteiger partial charge in [-0.3, -0.25) is 5.10 Å². The number of carbonyl (C=O) groups is 1. The van der Waals surface area contributed by atoms with E-state index in [1.807, 2.05) is 0 Å². The summed E-state index contributed by atoms with van der Waals surface area (Å²) in [6.45, 7) is 0. The number of carboxylic acid groups (broad SMARTS) is 1. The molecule has 0 aliphatic rings. The first-order chi connectivity index (χ1) is 17.7. The van der Waals surface area contributed by atoms with Crippen LogP contribution in [-0.2, 0) is 17.1 Å². The number of carbonyl (C=O) groups excluding carboxylic acids is 1. The quantitative estimate of drug-likeness (QED) is 0.226. The number of carboxylic acids is 1. The molecule has 37 heavy (non-hydrogen) atoms. The summed E-state index contributed by atoms with van der Waals surface area (Å²) in [6.07, 6.45) is 3.77. The fraction of sp³-hybridized carbons (Fsp3) is 0.0667. The molecule has 0 amide bonds. The van der Waals surface area contributed by atoms with Crippen molar-refractivity contribution in [2.45, 2.75) is 0 Å². The minimum atomic E-state index is -1.23. The van der Waals surface area contributed by atoms with Gasteiger partial charge >= 0.3 is 17.1 Å². The summed E-state index contributed by atoms with van der Waals surface area (Å²) in [5.41, 5.74) is 0.00463. The second-order valence-corrected chi connectivity index (χ2v) is 12.6. The molecule has 0 spiro atoms. The Morgan fingerprint density at radius 3 is 1.14 bits per heavy atom. The topological polar surface area (TPSA) is 68.8 Å². The SMILES string of the molecule is O=C([O-])c1ccn[nH]1.[Cu+].c1ccc(P(CCP(c2ccccc2)c2ccccc2)c2ccccc2)cc1. The van der Waals surface area contributed by atoms with Crippen LogP contribution in [0.2, 0.25) is 0 Å². The molecule has 0 saturated heterocycles. The maximum absolute atomic E-state index is 9.88. The third kappa shape index (κ3) is 8.49. The van der Waals surface area contributed by atoms with Crippen molar-refractivity contribution in [1.82, 2.24) is 10.2 Å². The molecule has 0 atom stereocenters. The number of H-pyrrole nitrogens is 1. The number of aromatic amines is 1. The number of nitrogens with zero attached hydrogens (tertiary/aromatic N) is 1. The molecule has 0 saturated carbocycles. The minimum absolute atomic E-state index is 0. The van der Waals surface area contributed by atoms with Crippen LogP contribution < -0.4 is 26.3 Å². The van der Waals surface area contributed by atoms with Gasteiger partial charge in [0.1, 0.15) is 0 Å². The Kier molecular flexibility index (Phi) is 11.8. The molecule has 0 bridgehead atoms. The summed E-state index contributed by atoms with van der Waals surface area (Å²) in [5, 5.41) is 21.4. The standard InChI is InChI=1S/C26H24P2.C4H4N2O2.Cu/c1-5-13-23(14-6-1)27(24-15-7-2-8-16-24)21-22-28(25-17-9-3-10-18-25)26-19-11-4-12-20-26;7-4(8)3-1-2-5-6-3;/h1-20H,21-22H2;1-2H,(H,5,6)(H,7,8);/q;;+1/p-1. The van der Waals surface area contributed by atoms with E-state index >= 15 is 0 Å². The van der Waals surface area contributed by atoms with Gasteiger partial charge in [0.25, 0.3) is 0 Å². The molecule has 0 aliphatic heterocycles. The monoisotopic (exact) mass is 572 g/mol. The van der Waals surface area contributed by atoms with Crippen molar-refractivity contribution in [2.24, 2.45) is 0 Å². The van der Waals surface area contributed by atoms with Crippen LogP contribution in [0.3, 0.4) is 0 Å². The van der Waals surface area contributed by atoms with Crippen LogP contribution in [0, 0.1) is 0 Å². The zero-order valence-electron chi connectivity index (χ0n) is 20.1. The first-order valence-corrected chi connectivity index (χ1v) is 14.7. The third-order valence-corrected chi connectivity index (χ3v) is 10.9. The van der Waals surface area contributed by atoms with E-state index in [-0.39, 0.29) is 38.6 Å². The largest absolute Gasteiger partial charge is 1.00 e. The van der Waals surface area contributed by atoms with Crippen molar-refractivity contribution < 1.29 is 27.0 Å². The molecule has 1 N–H and O–H groups in total. The van der Waals surface area contributed by atoms with Gasteiger partial charge in [-0.15, -0.1) is 0 Å². The molecule has 5 aromatic rings. The van der Waals surface area contributed by atoms with E-state index in [1.165, 1.54) is 45.8 Å². The predicted molar refractivity (Wildman–Crippen MR) is 151 cm³/mol. The normalized spacial score (nSPS) is 10.3. The van der Waals surface area contributed by atoms with Gasteiger partial charge < -0.3 is 9.90 Å². The number of benzene rings is 4. The van der Waals surface area contributed by atoms with Crippen molar-refractivity contribution >= 4 is 43.0 Å². The fourth-order valence-corrected chi connectivity index (χ4v) is 9.17. The van der Waals surface area contributed by atoms with Gasteiger partial charge in [-0.05, 0) is 55.5 Å². The summed E-state index contributed by atoms with van der Waals surface area (Å²) in [5.74, 6) is -1.23. The Morgan fingerprint density at radius 1 is 0.595 bits per heavy atom. The van der Waals surface area contributed by atoms with E-state index in [1.54, 1.807) is 0 Å². The molecule has 7 heteroatoms. The van der Waals surface area contributed by atoms with Crippen LogP contribution >= 0.6 is 15.8 Å². The Hall–Kier alpha value is -3.06. The van der Waals surface area contributed by atoms with Gasteiger partial charge in [-0.1, -0.05) is 121 Å². The van der Waals surface area contributed by atoms with Gasteiger partial charge in [-0.25, -0.2) is 0 Å². The van der Waals surface area contributed by atoms with Crippen molar-refractivity contribution in [3.63, 3.8) is 0 Å². The predicted octanol–water partition coefficient (Wildman–Crippen LogP) is 4.02. The van der Waals surface area contributed by atoms with Crippen molar-refractivity contribution in [1.29, 1.82) is 0 Å². The fourth-order valence-electron chi connectivity index (χ4n) is 3.82. The number of hydrogen-bond acceptors (Lipinski definition) is 3. The van der Waals surface area contributed by atoms with Gasteiger partial charge in [0.2, 0.25) is 0 Å². The van der Waals surface area contributed by atoms with E-state index in [0.29, 0.717) is 0 Å². The maximum Gasteiger partial charge on any atom is 1.00 e. The van der Waals surface area contributed by atoms with Crippen molar-refractivity contribution in [2.75, 3.05) is 12.3 Å². The number of aromatic nitrogens is 2. The second-order valence-electron chi connectivity index (χ2n) is 7.90. The Bertz CT molecular complexity index is 1150. The van der Waals surface area contributed by atoms with E-state index in [4.69, 9.17) is 0 Å². The number of aromatic carboxylic acids is 1. The summed E-state index contributed by atoms with van der Waals surface area (Å²) < 4.78 is 0. The summed E-state index contributed by atoms with van der Waals surface area (Å²) in [4.78, 5) is 9.88. The first kappa shape index (κ1) is 28.5. The molecule has 0 aliphatic carbocycles. The van der Waals surface area contributed by atoms with Gasteiger partial charge in [0, 0.05) is 6.20 Å². The summed E-state index contributed by atoms with van der Waals surface area (Å²) in [7, 11) is -0.696. The Morgan fingerprint density at radius 2 is 0.919 bits per heavy atom. The van der Waals surface area contributed by atoms with E-state index in [0.717, 1.165) is 0 Å². The molecule has 1 aromatic heterocycles. The third-order valence-electron chi connectivity index (χ3n) is 5.54. The summed E-state index contributed by atoms with van der Waals surface area (Å²) >= 11 is 0. The molecule has 4 nitrogen and oxygen atoms in total. The van der Waals surface area contributed by atoms with E-state index in [2.05, 4.69) is 132 Å².